The maximum absolute atomic E-state index is 13.7. The number of nitrogens with zero attached hydrogens (tertiary/aromatic N) is 5. The zero-order valence-electron chi connectivity index (χ0n) is 31.5. The van der Waals surface area contributed by atoms with Gasteiger partial charge in [-0.3, -0.25) is 48.5 Å². The summed E-state index contributed by atoms with van der Waals surface area (Å²) in [6, 6.07) is 10.9. The minimum Gasteiger partial charge on any atom is -0.483 e. The highest BCUT2D eigenvalue weighted by Gasteiger charge is 2.46. The van der Waals surface area contributed by atoms with Crippen molar-refractivity contribution in [1.29, 1.82) is 0 Å². The molecule has 4 aromatic rings. The van der Waals surface area contributed by atoms with Crippen molar-refractivity contribution in [1.82, 2.24) is 35.6 Å². The number of rotatable bonds is 15. The number of nitrogens with one attached hydrogen (secondary N) is 3. The molecule has 7 rings (SSSR count). The molecule has 0 spiro atoms. The highest BCUT2D eigenvalue weighted by Crippen LogP contribution is 2.37. The van der Waals surface area contributed by atoms with Crippen LogP contribution in [0.3, 0.4) is 0 Å². The molecule has 57 heavy (non-hydrogen) atoms. The molecule has 2 aromatic heterocycles. The van der Waals surface area contributed by atoms with Crippen molar-refractivity contribution < 1.29 is 33.5 Å². The number of ether oxygens (including phenoxy) is 1. The lowest BCUT2D eigenvalue weighted by Gasteiger charge is -2.27. The Morgan fingerprint density at radius 3 is 2.37 bits per heavy atom. The van der Waals surface area contributed by atoms with E-state index in [1.54, 1.807) is 6.07 Å². The number of carbonyl (C=O) groups is 6. The van der Waals surface area contributed by atoms with Crippen LogP contribution in [0.4, 0.5) is 0 Å². The third kappa shape index (κ3) is 8.23. The van der Waals surface area contributed by atoms with Gasteiger partial charge in [0, 0.05) is 40.5 Å². The Kier molecular flexibility index (Phi) is 11.9. The summed E-state index contributed by atoms with van der Waals surface area (Å²) in [6.45, 7) is 4.80. The SMILES string of the molecule is Cc1sc2c(c1C(=O)NCCCCCCCCNC(=O)COc1cccc3c1C(=O)N(C1CCC(=O)NC1=O)C3=O)C(c1ccc(Cl)cc1)=NCc1nnc(C)n1-2. The van der Waals surface area contributed by atoms with Gasteiger partial charge < -0.3 is 15.4 Å². The fraction of sp³-hybridized carbons (Fsp3) is 0.375. The summed E-state index contributed by atoms with van der Waals surface area (Å²) in [5.74, 6) is -1.49. The van der Waals surface area contributed by atoms with Crippen LogP contribution in [0.5, 0.6) is 5.75 Å². The van der Waals surface area contributed by atoms with Gasteiger partial charge in [0.2, 0.25) is 11.8 Å². The molecule has 0 saturated carbocycles. The van der Waals surface area contributed by atoms with Crippen LogP contribution in [0.25, 0.3) is 5.00 Å². The van der Waals surface area contributed by atoms with E-state index in [9.17, 15) is 28.8 Å². The van der Waals surface area contributed by atoms with Crippen LogP contribution < -0.4 is 20.7 Å². The molecule has 1 unspecified atom stereocenters. The van der Waals surface area contributed by atoms with Gasteiger partial charge in [-0.1, -0.05) is 55.5 Å². The topological polar surface area (TPSA) is 194 Å². The van der Waals surface area contributed by atoms with Gasteiger partial charge in [-0.15, -0.1) is 21.5 Å². The molecule has 5 heterocycles. The van der Waals surface area contributed by atoms with Crippen LogP contribution in [0.1, 0.15) is 110 Å². The smallest absolute Gasteiger partial charge is 0.266 e. The van der Waals surface area contributed by atoms with E-state index < -0.39 is 29.7 Å². The summed E-state index contributed by atoms with van der Waals surface area (Å²) >= 11 is 7.71. The van der Waals surface area contributed by atoms with Gasteiger partial charge in [-0.2, -0.15) is 0 Å². The first-order valence-electron chi connectivity index (χ1n) is 18.9. The van der Waals surface area contributed by atoms with E-state index in [-0.39, 0.29) is 48.1 Å². The monoisotopic (exact) mass is 812 g/mol. The number of aromatic nitrogens is 3. The Morgan fingerprint density at radius 2 is 1.63 bits per heavy atom. The van der Waals surface area contributed by atoms with Crippen molar-refractivity contribution in [3.63, 3.8) is 0 Å². The van der Waals surface area contributed by atoms with Gasteiger partial charge >= 0.3 is 0 Å². The molecule has 17 heteroatoms. The predicted molar refractivity (Wildman–Crippen MR) is 211 cm³/mol. The van der Waals surface area contributed by atoms with Crippen molar-refractivity contribution in [3.05, 3.63) is 91.8 Å². The van der Waals surface area contributed by atoms with Crippen molar-refractivity contribution in [2.24, 2.45) is 4.99 Å². The van der Waals surface area contributed by atoms with Crippen molar-refractivity contribution in [2.75, 3.05) is 19.7 Å². The summed E-state index contributed by atoms with van der Waals surface area (Å²) in [6.07, 6.45) is 5.44. The van der Waals surface area contributed by atoms with E-state index in [4.69, 9.17) is 21.3 Å². The number of unbranched alkanes of at least 4 members (excludes halogenated alkanes) is 5. The normalized spacial score (nSPS) is 16.0. The Bertz CT molecular complexity index is 2300. The highest BCUT2D eigenvalue weighted by molar-refractivity contribution is 7.15. The second-order valence-corrected chi connectivity index (χ2v) is 15.7. The molecule has 15 nitrogen and oxygen atoms in total. The lowest BCUT2D eigenvalue weighted by molar-refractivity contribution is -0.136. The zero-order chi connectivity index (χ0) is 40.2. The average molecular weight is 813 g/mol. The van der Waals surface area contributed by atoms with Crippen LogP contribution in [0.2, 0.25) is 5.02 Å². The summed E-state index contributed by atoms with van der Waals surface area (Å²) < 4.78 is 7.64. The Hall–Kier alpha value is -5.74. The first-order chi connectivity index (χ1) is 27.5. The molecule has 0 bridgehead atoms. The van der Waals surface area contributed by atoms with Gasteiger partial charge in [0.1, 0.15) is 29.2 Å². The number of thiophene rings is 1. The van der Waals surface area contributed by atoms with Gasteiger partial charge in [-0.05, 0) is 57.4 Å². The van der Waals surface area contributed by atoms with Crippen molar-refractivity contribution >= 4 is 64.1 Å². The highest BCUT2D eigenvalue weighted by atomic mass is 35.5. The molecule has 1 saturated heterocycles. The number of imide groups is 2. The fourth-order valence-corrected chi connectivity index (χ4v) is 8.64. The second kappa shape index (κ2) is 17.2. The maximum atomic E-state index is 13.7. The van der Waals surface area contributed by atoms with E-state index in [0.717, 1.165) is 76.0 Å². The molecule has 2 aromatic carbocycles. The summed E-state index contributed by atoms with van der Waals surface area (Å²) in [4.78, 5) is 83.1. The number of amides is 6. The molecule has 296 valence electrons. The van der Waals surface area contributed by atoms with E-state index in [1.807, 2.05) is 42.7 Å². The van der Waals surface area contributed by atoms with Gasteiger partial charge in [-0.25, -0.2) is 0 Å². The van der Waals surface area contributed by atoms with Crippen LogP contribution in [0.15, 0.2) is 47.5 Å². The zero-order valence-corrected chi connectivity index (χ0v) is 33.1. The Labute approximate surface area is 337 Å². The largest absolute Gasteiger partial charge is 0.483 e. The van der Waals surface area contributed by atoms with E-state index in [2.05, 4.69) is 26.1 Å². The molecular weight excluding hydrogens is 772 g/mol. The number of aliphatic imine (C=N–C) groups is 1. The lowest BCUT2D eigenvalue weighted by Crippen LogP contribution is -2.54. The molecular formula is C40H41ClN8O7S. The number of halogens is 1. The first kappa shape index (κ1) is 39.5. The Morgan fingerprint density at radius 1 is 0.912 bits per heavy atom. The number of fused-ring (bicyclic) bond motifs is 4. The molecule has 0 aliphatic carbocycles. The van der Waals surface area contributed by atoms with Crippen LogP contribution >= 0.6 is 22.9 Å². The van der Waals surface area contributed by atoms with Crippen molar-refractivity contribution in [3.8, 4) is 10.8 Å². The third-order valence-corrected chi connectivity index (χ3v) is 11.5. The number of piperidine rings is 1. The summed E-state index contributed by atoms with van der Waals surface area (Å²) in [7, 11) is 0. The van der Waals surface area contributed by atoms with E-state index >= 15 is 0 Å². The average Bonchev–Trinajstić information content (AvgIpc) is 3.77. The Balaban J connectivity index is 0.826. The van der Waals surface area contributed by atoms with E-state index in [0.29, 0.717) is 36.0 Å². The third-order valence-electron chi connectivity index (χ3n) is 10.1. The molecule has 3 N–H and O–H groups in total. The van der Waals surface area contributed by atoms with Crippen LogP contribution in [-0.4, -0.2) is 86.6 Å². The number of hydrogen-bond acceptors (Lipinski definition) is 11. The maximum Gasteiger partial charge on any atom is 0.266 e. The molecule has 6 amide bonds. The first-order valence-corrected chi connectivity index (χ1v) is 20.1. The number of carbonyl (C=O) groups excluding carboxylic acids is 6. The van der Waals surface area contributed by atoms with Gasteiger partial charge in [0.25, 0.3) is 23.6 Å². The number of aryl methyl sites for hydroxylation is 2. The minimum atomic E-state index is -1.09. The quantitative estimate of drug-likeness (QED) is 0.114. The van der Waals surface area contributed by atoms with Crippen molar-refractivity contribution in [2.45, 2.75) is 77.8 Å². The second-order valence-electron chi connectivity index (χ2n) is 14.0. The molecule has 1 fully saturated rings. The molecule has 3 aliphatic rings. The standard InChI is InChI=1S/C40H41ClN8O7S/c1-22-32(34-35(24-12-14-25(41)15-13-24)44-20-29-47-46-23(2)48(29)40(34)57-22)37(53)43-19-8-6-4-3-5-7-18-42-31(51)21-56-28-11-9-10-26-33(28)39(55)49(38(26)54)27-16-17-30(50)45-36(27)52/h9-15,27H,3-8,16-21H2,1-2H3,(H,42,51)(H,43,53)(H,45,50,52). The molecule has 3 aliphatic heterocycles. The number of hydrogen-bond donors (Lipinski definition) is 3. The lowest BCUT2D eigenvalue weighted by atomic mass is 9.98. The predicted octanol–water partition coefficient (Wildman–Crippen LogP) is 4.62. The molecule has 0 radical (unpaired) electrons. The van der Waals surface area contributed by atoms with Gasteiger partial charge in [0.05, 0.1) is 22.4 Å². The minimum absolute atomic E-state index is 0.00485. The van der Waals surface area contributed by atoms with Gasteiger partial charge in [0.15, 0.2) is 12.4 Å². The molecule has 1 atom stereocenters. The number of benzene rings is 2. The van der Waals surface area contributed by atoms with Crippen LogP contribution in [-0.2, 0) is 20.9 Å². The van der Waals surface area contributed by atoms with Crippen LogP contribution in [0, 0.1) is 13.8 Å². The van der Waals surface area contributed by atoms with E-state index in [1.165, 1.54) is 23.5 Å². The fourth-order valence-electron chi connectivity index (χ4n) is 7.30. The summed E-state index contributed by atoms with van der Waals surface area (Å²) in [5.41, 5.74) is 3.03. The summed E-state index contributed by atoms with van der Waals surface area (Å²) in [5, 5.41) is 18.2.